The van der Waals surface area contributed by atoms with Gasteiger partial charge in [0, 0.05) is 0 Å². The average molecular weight is 321 g/mol. The molecule has 124 valence electrons. The van der Waals surface area contributed by atoms with Gasteiger partial charge in [0.1, 0.15) is 11.4 Å². The zero-order valence-corrected chi connectivity index (χ0v) is 12.6. The number of nitrogens with one attached hydrogen (secondary N) is 1. The van der Waals surface area contributed by atoms with Crippen LogP contribution in [0.15, 0.2) is 18.2 Å². The molecule has 1 aromatic rings. The van der Waals surface area contributed by atoms with Crippen molar-refractivity contribution in [2.45, 2.75) is 38.7 Å². The van der Waals surface area contributed by atoms with Gasteiger partial charge in [0.25, 0.3) is 0 Å². The molecule has 0 spiro atoms. The Bertz CT molecular complexity index is 538. The van der Waals surface area contributed by atoms with Gasteiger partial charge in [-0.15, -0.1) is 0 Å². The van der Waals surface area contributed by atoms with Gasteiger partial charge >= 0.3 is 12.3 Å². The number of ether oxygens (including phenoxy) is 2. The summed E-state index contributed by atoms with van der Waals surface area (Å²) in [7, 11) is 1.24. The van der Waals surface area contributed by atoms with E-state index in [-0.39, 0.29) is 17.0 Å². The average Bonchev–Trinajstić information content (AvgIpc) is 2.35. The lowest BCUT2D eigenvalue weighted by atomic mass is 10.1. The fraction of sp³-hybridized carbons (Fsp3) is 0.500. The highest BCUT2D eigenvalue weighted by atomic mass is 19.4. The lowest BCUT2D eigenvalue weighted by Crippen LogP contribution is -2.27. The third-order valence-electron chi connectivity index (χ3n) is 2.49. The first kappa shape index (κ1) is 18.1. The maximum Gasteiger partial charge on any atom is 0.418 e. The minimum Gasteiger partial charge on any atom is -0.495 e. The first-order chi connectivity index (χ1) is 9.94. The number of carbonyl (C=O) groups is 1. The van der Waals surface area contributed by atoms with Gasteiger partial charge < -0.3 is 14.6 Å². The first-order valence-corrected chi connectivity index (χ1v) is 6.37. The van der Waals surface area contributed by atoms with E-state index in [2.05, 4.69) is 5.32 Å². The molecule has 0 heterocycles. The van der Waals surface area contributed by atoms with Gasteiger partial charge in [0.15, 0.2) is 6.10 Å². The Labute approximate surface area is 126 Å². The van der Waals surface area contributed by atoms with Crippen LogP contribution in [0.2, 0.25) is 0 Å². The van der Waals surface area contributed by atoms with Crippen molar-refractivity contribution in [1.82, 2.24) is 0 Å². The first-order valence-electron chi connectivity index (χ1n) is 6.37. The van der Waals surface area contributed by atoms with E-state index in [0.717, 1.165) is 12.1 Å². The summed E-state index contributed by atoms with van der Waals surface area (Å²) in [6.45, 7) is 5.02. The molecule has 0 saturated heterocycles. The molecule has 0 unspecified atom stereocenters. The Balaban J connectivity index is 2.97. The predicted octanol–water partition coefficient (Wildman–Crippen LogP) is 3.64. The number of hydrogen-bond acceptors (Lipinski definition) is 4. The molecule has 1 atom stereocenters. The maximum absolute atomic E-state index is 12.5. The van der Waals surface area contributed by atoms with Crippen LogP contribution in [0.3, 0.4) is 0 Å². The Morgan fingerprint density at radius 1 is 1.27 bits per heavy atom. The highest BCUT2D eigenvalue weighted by molar-refractivity contribution is 5.87. The second-order valence-electron chi connectivity index (χ2n) is 5.53. The summed E-state index contributed by atoms with van der Waals surface area (Å²) >= 11 is 0. The number of alkyl halides is 3. The van der Waals surface area contributed by atoms with E-state index in [4.69, 9.17) is 9.47 Å². The molecule has 1 aromatic carbocycles. The number of amides is 1. The summed E-state index contributed by atoms with van der Waals surface area (Å²) in [4.78, 5) is 11.7. The fourth-order valence-electron chi connectivity index (χ4n) is 1.58. The van der Waals surface area contributed by atoms with E-state index in [1.165, 1.54) is 13.2 Å². The second-order valence-corrected chi connectivity index (χ2v) is 5.53. The third-order valence-corrected chi connectivity index (χ3v) is 2.49. The molecule has 22 heavy (non-hydrogen) atoms. The van der Waals surface area contributed by atoms with Crippen LogP contribution in [0, 0.1) is 0 Å². The van der Waals surface area contributed by atoms with Gasteiger partial charge in [-0.3, -0.25) is 5.32 Å². The standard InChI is InChI=1S/C14H18F3NO4/c1-13(2,3)22-12(20)18-9-6-5-8(7-10(9)21-4)11(19)14(15,16)17/h5-7,11,19H,1-4H3,(H,18,20)/t11-/m1/s1. The zero-order valence-electron chi connectivity index (χ0n) is 12.6. The van der Waals surface area contributed by atoms with Gasteiger partial charge in [-0.25, -0.2) is 4.79 Å². The monoisotopic (exact) mass is 321 g/mol. The number of halogens is 3. The van der Waals surface area contributed by atoms with Crippen LogP contribution in [-0.2, 0) is 4.74 Å². The fourth-order valence-corrected chi connectivity index (χ4v) is 1.58. The number of carbonyl (C=O) groups excluding carboxylic acids is 1. The molecular formula is C14H18F3NO4. The maximum atomic E-state index is 12.5. The second kappa shape index (κ2) is 6.43. The van der Waals surface area contributed by atoms with Gasteiger partial charge in [-0.2, -0.15) is 13.2 Å². The summed E-state index contributed by atoms with van der Waals surface area (Å²) < 4.78 is 47.4. The molecule has 2 N–H and O–H groups in total. The van der Waals surface area contributed by atoms with E-state index in [1.807, 2.05) is 0 Å². The molecule has 0 bridgehead atoms. The Hall–Kier alpha value is -1.96. The normalized spacial score (nSPS) is 13.5. The van der Waals surface area contributed by atoms with Crippen LogP contribution in [0.5, 0.6) is 5.75 Å². The smallest absolute Gasteiger partial charge is 0.418 e. The van der Waals surface area contributed by atoms with Crippen LogP contribution < -0.4 is 10.1 Å². The summed E-state index contributed by atoms with van der Waals surface area (Å²) in [5.41, 5.74) is -0.974. The van der Waals surface area contributed by atoms with Crippen molar-refractivity contribution in [1.29, 1.82) is 0 Å². The molecule has 0 aliphatic rings. The quantitative estimate of drug-likeness (QED) is 0.892. The molecule has 0 saturated carbocycles. The SMILES string of the molecule is COc1cc([C@@H](O)C(F)(F)F)ccc1NC(=O)OC(C)(C)C. The van der Waals surface area contributed by atoms with Crippen LogP contribution in [0.25, 0.3) is 0 Å². The molecular weight excluding hydrogens is 303 g/mol. The Morgan fingerprint density at radius 3 is 2.32 bits per heavy atom. The van der Waals surface area contributed by atoms with Gasteiger partial charge in [-0.05, 0) is 38.5 Å². The lowest BCUT2D eigenvalue weighted by molar-refractivity contribution is -0.206. The Kier molecular flexibility index (Phi) is 5.29. The van der Waals surface area contributed by atoms with Gasteiger partial charge in [0.05, 0.1) is 12.8 Å². The van der Waals surface area contributed by atoms with Crippen molar-refractivity contribution in [2.75, 3.05) is 12.4 Å². The highest BCUT2D eigenvalue weighted by Gasteiger charge is 2.39. The van der Waals surface area contributed by atoms with E-state index >= 15 is 0 Å². The van der Waals surface area contributed by atoms with E-state index in [0.29, 0.717) is 0 Å². The minimum absolute atomic E-state index is 0.0216. The van der Waals surface area contributed by atoms with Crippen molar-refractivity contribution in [3.05, 3.63) is 23.8 Å². The van der Waals surface area contributed by atoms with Crippen LogP contribution >= 0.6 is 0 Å². The summed E-state index contributed by atoms with van der Waals surface area (Å²) in [5.74, 6) is -0.0216. The van der Waals surface area contributed by atoms with Crippen molar-refractivity contribution in [2.24, 2.45) is 0 Å². The molecule has 0 aliphatic carbocycles. The summed E-state index contributed by atoms with van der Waals surface area (Å²) in [5, 5.41) is 11.6. The number of methoxy groups -OCH3 is 1. The number of hydrogen-bond donors (Lipinski definition) is 2. The van der Waals surface area contributed by atoms with Crippen molar-refractivity contribution in [3.63, 3.8) is 0 Å². The molecule has 0 aliphatic heterocycles. The van der Waals surface area contributed by atoms with Gasteiger partial charge in [-0.1, -0.05) is 6.07 Å². The Morgan fingerprint density at radius 2 is 1.86 bits per heavy atom. The number of aliphatic hydroxyl groups excluding tert-OH is 1. The molecule has 8 heteroatoms. The lowest BCUT2D eigenvalue weighted by Gasteiger charge is -2.21. The van der Waals surface area contributed by atoms with E-state index < -0.39 is 24.0 Å². The molecule has 1 amide bonds. The number of aliphatic hydroxyl groups is 1. The molecule has 0 radical (unpaired) electrons. The van der Waals surface area contributed by atoms with Crippen LogP contribution in [0.1, 0.15) is 32.4 Å². The molecule has 5 nitrogen and oxygen atoms in total. The molecule has 1 rings (SSSR count). The van der Waals surface area contributed by atoms with Crippen molar-refractivity contribution >= 4 is 11.8 Å². The number of anilines is 1. The zero-order chi connectivity index (χ0) is 17.1. The minimum atomic E-state index is -4.79. The van der Waals surface area contributed by atoms with Gasteiger partial charge in [0.2, 0.25) is 0 Å². The van der Waals surface area contributed by atoms with Crippen LogP contribution in [0.4, 0.5) is 23.7 Å². The van der Waals surface area contributed by atoms with E-state index in [1.54, 1.807) is 20.8 Å². The van der Waals surface area contributed by atoms with E-state index in [9.17, 15) is 23.1 Å². The topological polar surface area (TPSA) is 67.8 Å². The summed E-state index contributed by atoms with van der Waals surface area (Å²) in [6, 6.07) is 3.26. The molecule has 0 aromatic heterocycles. The van der Waals surface area contributed by atoms with Crippen LogP contribution in [-0.4, -0.2) is 30.1 Å². The molecule has 0 fully saturated rings. The number of benzene rings is 1. The van der Waals surface area contributed by atoms with Crippen molar-refractivity contribution < 1.29 is 32.5 Å². The highest BCUT2D eigenvalue weighted by Crippen LogP contribution is 2.36. The predicted molar refractivity (Wildman–Crippen MR) is 73.9 cm³/mol. The largest absolute Gasteiger partial charge is 0.495 e. The number of rotatable bonds is 3. The third kappa shape index (κ3) is 5.10. The summed E-state index contributed by atoms with van der Waals surface area (Å²) in [6.07, 6.45) is -8.18. The van der Waals surface area contributed by atoms with Crippen molar-refractivity contribution in [3.8, 4) is 5.75 Å².